The molecular formula is C19H19ClN2O2. The molecule has 2 aromatic carbocycles. The number of nitriles is 1. The standard InChI is InChI=1S/C19H19ClN2O2/c1-22(13-16-11-17(20)8-9-18(16)24-2)19(23)10-7-14-3-5-15(12-21)6-4-14/h3-6,8-9,11H,7,10,13H2,1-2H3. The average Bonchev–Trinajstić information content (AvgIpc) is 2.60. The minimum atomic E-state index is 0.0430. The summed E-state index contributed by atoms with van der Waals surface area (Å²) >= 11 is 6.02. The molecule has 24 heavy (non-hydrogen) atoms. The smallest absolute Gasteiger partial charge is 0.222 e. The van der Waals surface area contributed by atoms with Crippen molar-refractivity contribution in [1.82, 2.24) is 4.90 Å². The Morgan fingerprint density at radius 1 is 1.25 bits per heavy atom. The Bertz CT molecular complexity index is 751. The van der Waals surface area contributed by atoms with E-state index in [1.54, 1.807) is 43.3 Å². The van der Waals surface area contributed by atoms with Gasteiger partial charge in [0.1, 0.15) is 5.75 Å². The zero-order valence-corrected chi connectivity index (χ0v) is 14.5. The van der Waals surface area contributed by atoms with Crippen LogP contribution in [0.4, 0.5) is 0 Å². The fourth-order valence-corrected chi connectivity index (χ4v) is 2.60. The fourth-order valence-electron chi connectivity index (χ4n) is 2.40. The van der Waals surface area contributed by atoms with Gasteiger partial charge < -0.3 is 9.64 Å². The number of amides is 1. The molecule has 4 nitrogen and oxygen atoms in total. The molecule has 5 heteroatoms. The lowest BCUT2D eigenvalue weighted by molar-refractivity contribution is -0.130. The van der Waals surface area contributed by atoms with Crippen LogP contribution in [0.2, 0.25) is 5.02 Å². The number of methoxy groups -OCH3 is 1. The maximum atomic E-state index is 12.3. The molecule has 0 radical (unpaired) electrons. The molecular weight excluding hydrogens is 324 g/mol. The fraction of sp³-hybridized carbons (Fsp3) is 0.263. The molecule has 0 saturated carbocycles. The number of ether oxygens (including phenoxy) is 1. The molecule has 0 aliphatic heterocycles. The van der Waals surface area contributed by atoms with Gasteiger partial charge in [0.2, 0.25) is 5.91 Å². The van der Waals surface area contributed by atoms with Gasteiger partial charge in [0, 0.05) is 30.6 Å². The molecule has 0 heterocycles. The van der Waals surface area contributed by atoms with Crippen molar-refractivity contribution >= 4 is 17.5 Å². The van der Waals surface area contributed by atoms with Gasteiger partial charge in [0.15, 0.2) is 0 Å². The Morgan fingerprint density at radius 3 is 2.58 bits per heavy atom. The molecule has 0 bridgehead atoms. The molecule has 0 N–H and O–H groups in total. The number of benzene rings is 2. The van der Waals surface area contributed by atoms with Crippen LogP contribution < -0.4 is 4.74 Å². The molecule has 0 unspecified atom stereocenters. The molecule has 0 aliphatic rings. The van der Waals surface area contributed by atoms with Gasteiger partial charge in [-0.2, -0.15) is 5.26 Å². The van der Waals surface area contributed by atoms with Gasteiger partial charge in [0.25, 0.3) is 0 Å². The van der Waals surface area contributed by atoms with Crippen molar-refractivity contribution in [3.05, 3.63) is 64.2 Å². The minimum Gasteiger partial charge on any atom is -0.496 e. The highest BCUT2D eigenvalue weighted by Gasteiger charge is 2.12. The van der Waals surface area contributed by atoms with Gasteiger partial charge in [-0.15, -0.1) is 0 Å². The first-order chi connectivity index (χ1) is 11.5. The summed E-state index contributed by atoms with van der Waals surface area (Å²) in [7, 11) is 3.36. The predicted octanol–water partition coefficient (Wildman–Crippen LogP) is 3.81. The van der Waals surface area contributed by atoms with Crippen LogP contribution >= 0.6 is 11.6 Å². The number of halogens is 1. The van der Waals surface area contributed by atoms with E-state index in [1.807, 2.05) is 18.2 Å². The molecule has 1 amide bonds. The largest absolute Gasteiger partial charge is 0.496 e. The topological polar surface area (TPSA) is 53.3 Å². The summed E-state index contributed by atoms with van der Waals surface area (Å²) in [5.41, 5.74) is 2.53. The number of nitrogens with zero attached hydrogens (tertiary/aromatic N) is 2. The molecule has 124 valence electrons. The van der Waals surface area contributed by atoms with E-state index in [-0.39, 0.29) is 5.91 Å². The van der Waals surface area contributed by atoms with Crippen molar-refractivity contribution in [2.75, 3.05) is 14.2 Å². The molecule has 0 saturated heterocycles. The van der Waals surface area contributed by atoms with Crippen LogP contribution in [0.5, 0.6) is 5.75 Å². The van der Waals surface area contributed by atoms with Crippen LogP contribution in [0.25, 0.3) is 0 Å². The SMILES string of the molecule is COc1ccc(Cl)cc1CN(C)C(=O)CCc1ccc(C#N)cc1. The van der Waals surface area contributed by atoms with Gasteiger partial charge >= 0.3 is 0 Å². The van der Waals surface area contributed by atoms with Crippen LogP contribution in [-0.2, 0) is 17.8 Å². The number of hydrogen-bond donors (Lipinski definition) is 0. The molecule has 0 atom stereocenters. The van der Waals surface area contributed by atoms with Crippen LogP contribution in [0.3, 0.4) is 0 Å². The second kappa shape index (κ2) is 8.37. The minimum absolute atomic E-state index is 0.0430. The van der Waals surface area contributed by atoms with Gasteiger partial charge in [-0.05, 0) is 42.3 Å². The second-order valence-corrected chi connectivity index (χ2v) is 5.95. The number of hydrogen-bond acceptors (Lipinski definition) is 3. The third kappa shape index (κ3) is 4.74. The molecule has 0 fully saturated rings. The van der Waals surface area contributed by atoms with Crippen molar-refractivity contribution in [2.45, 2.75) is 19.4 Å². The monoisotopic (exact) mass is 342 g/mol. The van der Waals surface area contributed by atoms with Crippen LogP contribution in [0, 0.1) is 11.3 Å². The summed E-state index contributed by atoms with van der Waals surface area (Å²) in [6.07, 6.45) is 1.05. The molecule has 2 aromatic rings. The zero-order valence-electron chi connectivity index (χ0n) is 13.8. The third-order valence-corrected chi connectivity index (χ3v) is 4.02. The normalized spacial score (nSPS) is 10.1. The summed E-state index contributed by atoms with van der Waals surface area (Å²) in [6.45, 7) is 0.440. The lowest BCUT2D eigenvalue weighted by atomic mass is 10.1. The molecule has 0 aliphatic carbocycles. The Balaban J connectivity index is 1.94. The summed E-state index contributed by atoms with van der Waals surface area (Å²) in [6, 6.07) is 14.7. The summed E-state index contributed by atoms with van der Waals surface area (Å²) in [5.74, 6) is 0.757. The number of rotatable bonds is 6. The van der Waals surface area contributed by atoms with E-state index in [0.717, 1.165) is 11.1 Å². The maximum absolute atomic E-state index is 12.3. The van der Waals surface area contributed by atoms with Crippen molar-refractivity contribution in [1.29, 1.82) is 5.26 Å². The summed E-state index contributed by atoms with van der Waals surface area (Å²) in [4.78, 5) is 14.0. The number of carbonyl (C=O) groups is 1. The maximum Gasteiger partial charge on any atom is 0.222 e. The Kier molecular flexibility index (Phi) is 6.22. The number of aryl methyl sites for hydroxylation is 1. The highest BCUT2D eigenvalue weighted by molar-refractivity contribution is 6.30. The molecule has 0 aromatic heterocycles. The van der Waals surface area contributed by atoms with Crippen molar-refractivity contribution < 1.29 is 9.53 Å². The van der Waals surface area contributed by atoms with Gasteiger partial charge in [-0.3, -0.25) is 4.79 Å². The lowest BCUT2D eigenvalue weighted by Gasteiger charge is -2.19. The van der Waals surface area contributed by atoms with Crippen molar-refractivity contribution in [2.24, 2.45) is 0 Å². The van der Waals surface area contributed by atoms with Crippen LogP contribution in [0.1, 0.15) is 23.1 Å². The Hall–Kier alpha value is -2.51. The first-order valence-corrected chi connectivity index (χ1v) is 7.96. The van der Waals surface area contributed by atoms with E-state index >= 15 is 0 Å². The van der Waals surface area contributed by atoms with E-state index in [1.165, 1.54) is 0 Å². The quantitative estimate of drug-likeness (QED) is 0.802. The van der Waals surface area contributed by atoms with E-state index in [0.29, 0.717) is 35.7 Å². The van der Waals surface area contributed by atoms with E-state index in [2.05, 4.69) is 6.07 Å². The highest BCUT2D eigenvalue weighted by atomic mass is 35.5. The van der Waals surface area contributed by atoms with Crippen LogP contribution in [0.15, 0.2) is 42.5 Å². The first-order valence-electron chi connectivity index (χ1n) is 7.59. The second-order valence-electron chi connectivity index (χ2n) is 5.51. The molecule has 2 rings (SSSR count). The molecule has 0 spiro atoms. The Morgan fingerprint density at radius 2 is 1.96 bits per heavy atom. The van der Waals surface area contributed by atoms with Gasteiger partial charge in [-0.25, -0.2) is 0 Å². The van der Waals surface area contributed by atoms with Gasteiger partial charge in [0.05, 0.1) is 18.7 Å². The van der Waals surface area contributed by atoms with Gasteiger partial charge in [-0.1, -0.05) is 23.7 Å². The van der Waals surface area contributed by atoms with Crippen LogP contribution in [-0.4, -0.2) is 25.0 Å². The first kappa shape index (κ1) is 17.8. The average molecular weight is 343 g/mol. The summed E-state index contributed by atoms with van der Waals surface area (Å²) in [5, 5.41) is 9.41. The van der Waals surface area contributed by atoms with E-state index < -0.39 is 0 Å². The Labute approximate surface area is 147 Å². The summed E-state index contributed by atoms with van der Waals surface area (Å²) < 4.78 is 5.31. The lowest BCUT2D eigenvalue weighted by Crippen LogP contribution is -2.26. The van der Waals surface area contributed by atoms with E-state index in [4.69, 9.17) is 21.6 Å². The predicted molar refractivity (Wildman–Crippen MR) is 94.0 cm³/mol. The third-order valence-electron chi connectivity index (χ3n) is 3.79. The zero-order chi connectivity index (χ0) is 17.5. The number of carbonyl (C=O) groups excluding carboxylic acids is 1. The van der Waals surface area contributed by atoms with E-state index in [9.17, 15) is 4.79 Å². The van der Waals surface area contributed by atoms with Crippen molar-refractivity contribution in [3.63, 3.8) is 0 Å². The van der Waals surface area contributed by atoms with Crippen molar-refractivity contribution in [3.8, 4) is 11.8 Å². The highest BCUT2D eigenvalue weighted by Crippen LogP contribution is 2.24.